The van der Waals surface area contributed by atoms with Crippen LogP contribution in [0.1, 0.15) is 0 Å². The van der Waals surface area contributed by atoms with Gasteiger partial charge in [0.05, 0.1) is 0 Å². The Morgan fingerprint density at radius 1 is 0.913 bits per heavy atom. The Bertz CT molecular complexity index is 983. The first-order chi connectivity index (χ1) is 10.8. The third-order valence-electron chi connectivity index (χ3n) is 3.41. The van der Waals surface area contributed by atoms with E-state index in [2.05, 4.69) is 5.32 Å². The molecule has 3 rings (SSSR count). The van der Waals surface area contributed by atoms with Crippen LogP contribution in [0.5, 0.6) is 5.75 Å². The Morgan fingerprint density at radius 2 is 1.57 bits per heavy atom. The molecule has 0 aliphatic rings. The number of aromatic hydroxyl groups is 1. The summed E-state index contributed by atoms with van der Waals surface area (Å²) in [6.45, 7) is 0. The molecule has 0 atom stereocenters. The third-order valence-corrected chi connectivity index (χ3v) is 4.35. The van der Waals surface area contributed by atoms with Gasteiger partial charge in [-0.2, -0.15) is 8.42 Å². The average molecular weight is 330 g/mol. The first kappa shape index (κ1) is 15.1. The molecule has 0 aliphatic heterocycles. The first-order valence-electron chi connectivity index (χ1n) is 6.70. The lowest BCUT2D eigenvalue weighted by molar-refractivity contribution is 0.445. The van der Waals surface area contributed by atoms with E-state index in [1.165, 1.54) is 12.1 Å². The van der Waals surface area contributed by atoms with Crippen molar-refractivity contribution < 1.29 is 18.1 Å². The second kappa shape index (κ2) is 5.45. The molecule has 118 valence electrons. The van der Waals surface area contributed by atoms with Crippen LogP contribution < -0.4 is 11.1 Å². The topological polar surface area (TPSA) is 113 Å². The van der Waals surface area contributed by atoms with Gasteiger partial charge < -0.3 is 16.2 Å². The van der Waals surface area contributed by atoms with Gasteiger partial charge in [-0.1, -0.05) is 12.1 Å². The molecule has 23 heavy (non-hydrogen) atoms. The van der Waals surface area contributed by atoms with Crippen LogP contribution >= 0.6 is 0 Å². The van der Waals surface area contributed by atoms with E-state index in [4.69, 9.17) is 5.73 Å². The zero-order valence-electron chi connectivity index (χ0n) is 11.9. The summed E-state index contributed by atoms with van der Waals surface area (Å²) < 4.78 is 32.2. The van der Waals surface area contributed by atoms with Crippen LogP contribution in [0, 0.1) is 0 Å². The van der Waals surface area contributed by atoms with E-state index < -0.39 is 20.8 Å². The average Bonchev–Trinajstić information content (AvgIpc) is 2.48. The predicted molar refractivity (Wildman–Crippen MR) is 89.6 cm³/mol. The molecule has 0 saturated carbocycles. The molecule has 0 spiro atoms. The number of fused-ring (bicyclic) bond motifs is 1. The Balaban J connectivity index is 2.06. The second-order valence-corrected chi connectivity index (χ2v) is 6.43. The molecule has 0 saturated heterocycles. The highest BCUT2D eigenvalue weighted by atomic mass is 32.2. The van der Waals surface area contributed by atoms with Crippen LogP contribution in [0.4, 0.5) is 17.1 Å². The summed E-state index contributed by atoms with van der Waals surface area (Å²) in [5, 5.41) is 13.7. The maximum atomic E-state index is 11.4. The van der Waals surface area contributed by atoms with Crippen molar-refractivity contribution in [1.29, 1.82) is 0 Å². The highest BCUT2D eigenvalue weighted by Gasteiger charge is 2.19. The number of anilines is 3. The van der Waals surface area contributed by atoms with Crippen molar-refractivity contribution in [1.82, 2.24) is 0 Å². The predicted octanol–water partition coefficient (Wildman–Crippen LogP) is 3.12. The first-order valence-corrected chi connectivity index (χ1v) is 8.14. The van der Waals surface area contributed by atoms with Gasteiger partial charge in [-0.25, -0.2) is 0 Å². The van der Waals surface area contributed by atoms with Crippen LogP contribution in [-0.2, 0) is 10.1 Å². The number of nitrogens with one attached hydrogen (secondary N) is 1. The van der Waals surface area contributed by atoms with Gasteiger partial charge in [0.25, 0.3) is 10.1 Å². The minimum absolute atomic E-state index is 0.246. The summed E-state index contributed by atoms with van der Waals surface area (Å²) in [7, 11) is -4.52. The van der Waals surface area contributed by atoms with Crippen LogP contribution in [0.15, 0.2) is 59.5 Å². The van der Waals surface area contributed by atoms with Crippen molar-refractivity contribution >= 4 is 38.0 Å². The van der Waals surface area contributed by atoms with Crippen molar-refractivity contribution in [2.75, 3.05) is 11.1 Å². The van der Waals surface area contributed by atoms with Gasteiger partial charge in [-0.15, -0.1) is 0 Å². The van der Waals surface area contributed by atoms with E-state index in [1.54, 1.807) is 30.3 Å². The van der Waals surface area contributed by atoms with Gasteiger partial charge in [0.15, 0.2) is 0 Å². The molecule has 0 radical (unpaired) electrons. The number of phenolic OH excluding ortho intramolecular Hbond substituents is 1. The van der Waals surface area contributed by atoms with Crippen molar-refractivity contribution in [3.63, 3.8) is 0 Å². The molecule has 7 heteroatoms. The van der Waals surface area contributed by atoms with Crippen molar-refractivity contribution in [3.05, 3.63) is 54.6 Å². The number of hydrogen-bond acceptors (Lipinski definition) is 5. The monoisotopic (exact) mass is 330 g/mol. The fourth-order valence-corrected chi connectivity index (χ4v) is 3.17. The molecule has 0 unspecified atom stereocenters. The molecule has 0 aromatic heterocycles. The largest absolute Gasteiger partial charge is 0.506 e. The lowest BCUT2D eigenvalue weighted by Gasteiger charge is -2.10. The van der Waals surface area contributed by atoms with Gasteiger partial charge >= 0.3 is 0 Å². The van der Waals surface area contributed by atoms with Crippen LogP contribution in [-0.4, -0.2) is 18.1 Å². The minimum Gasteiger partial charge on any atom is -0.506 e. The van der Waals surface area contributed by atoms with Crippen molar-refractivity contribution in [3.8, 4) is 5.75 Å². The van der Waals surface area contributed by atoms with E-state index in [-0.39, 0.29) is 5.39 Å². The van der Waals surface area contributed by atoms with E-state index in [0.717, 1.165) is 11.4 Å². The Hall–Kier alpha value is -2.77. The van der Waals surface area contributed by atoms with Crippen LogP contribution in [0.2, 0.25) is 0 Å². The smallest absolute Gasteiger partial charge is 0.298 e. The summed E-state index contributed by atoms with van der Waals surface area (Å²) in [5.74, 6) is -0.487. The number of nitrogen functional groups attached to an aromatic ring is 1. The molecule has 0 amide bonds. The molecule has 0 bridgehead atoms. The Labute approximate surface area is 132 Å². The van der Waals surface area contributed by atoms with Gasteiger partial charge in [-0.05, 0) is 47.9 Å². The summed E-state index contributed by atoms with van der Waals surface area (Å²) in [6.07, 6.45) is 0. The van der Waals surface area contributed by atoms with Gasteiger partial charge in [-0.3, -0.25) is 4.55 Å². The molecule has 0 heterocycles. The van der Waals surface area contributed by atoms with Gasteiger partial charge in [0.1, 0.15) is 10.6 Å². The fourth-order valence-electron chi connectivity index (χ4n) is 2.37. The van der Waals surface area contributed by atoms with E-state index in [0.29, 0.717) is 11.1 Å². The van der Waals surface area contributed by atoms with E-state index >= 15 is 0 Å². The summed E-state index contributed by atoms with van der Waals surface area (Å²) in [5.41, 5.74) is 7.85. The maximum absolute atomic E-state index is 11.4. The summed E-state index contributed by atoms with van der Waals surface area (Å²) in [4.78, 5) is -0.492. The summed E-state index contributed by atoms with van der Waals surface area (Å²) in [6, 6.07) is 14.9. The molecule has 3 aromatic carbocycles. The van der Waals surface area contributed by atoms with Crippen LogP contribution in [0.25, 0.3) is 10.8 Å². The third kappa shape index (κ3) is 3.05. The zero-order chi connectivity index (χ0) is 16.6. The fraction of sp³-hybridized carbons (Fsp3) is 0. The Morgan fingerprint density at radius 3 is 2.22 bits per heavy atom. The standard InChI is InChI=1S/C16H14N2O4S/c17-11-2-4-12(5-3-11)18-13-6-7-14-10(9-13)1-8-15(19)16(14)23(20,21)22/h1-9,18-19H,17H2,(H,20,21,22). The molecule has 0 aliphatic carbocycles. The number of nitrogens with two attached hydrogens (primary N) is 1. The lowest BCUT2D eigenvalue weighted by Crippen LogP contribution is -2.00. The van der Waals surface area contributed by atoms with Crippen molar-refractivity contribution in [2.45, 2.75) is 4.90 Å². The number of benzene rings is 3. The molecule has 3 aromatic rings. The number of phenols is 1. The number of hydrogen-bond donors (Lipinski definition) is 4. The van der Waals surface area contributed by atoms with Gasteiger partial charge in [0, 0.05) is 22.4 Å². The normalized spacial score (nSPS) is 11.5. The highest BCUT2D eigenvalue weighted by Crippen LogP contribution is 2.33. The molecular weight excluding hydrogens is 316 g/mol. The molecule has 0 fully saturated rings. The highest BCUT2D eigenvalue weighted by molar-refractivity contribution is 7.86. The second-order valence-electron chi connectivity index (χ2n) is 5.07. The Kier molecular flexibility index (Phi) is 3.59. The molecular formula is C16H14N2O4S. The summed E-state index contributed by atoms with van der Waals surface area (Å²) >= 11 is 0. The molecule has 6 nitrogen and oxygen atoms in total. The maximum Gasteiger partial charge on any atom is 0.298 e. The number of rotatable bonds is 3. The quantitative estimate of drug-likeness (QED) is 0.433. The zero-order valence-corrected chi connectivity index (χ0v) is 12.7. The van der Waals surface area contributed by atoms with Crippen LogP contribution in [0.3, 0.4) is 0 Å². The van der Waals surface area contributed by atoms with Crippen molar-refractivity contribution in [2.24, 2.45) is 0 Å². The van der Waals surface area contributed by atoms with E-state index in [1.807, 2.05) is 12.1 Å². The van der Waals surface area contributed by atoms with Gasteiger partial charge in [0.2, 0.25) is 0 Å². The molecule has 5 N–H and O–H groups in total. The lowest BCUT2D eigenvalue weighted by atomic mass is 10.1. The SMILES string of the molecule is Nc1ccc(Nc2ccc3c(S(=O)(=O)O)c(O)ccc3c2)cc1. The van der Waals surface area contributed by atoms with E-state index in [9.17, 15) is 18.1 Å². The minimum atomic E-state index is -4.52.